The molecule has 2 heterocycles. The molecule has 0 aliphatic carbocycles. The van der Waals surface area contributed by atoms with E-state index < -0.39 is 5.97 Å². The molecule has 0 amide bonds. The van der Waals surface area contributed by atoms with Crippen LogP contribution in [0.5, 0.6) is 11.5 Å². The summed E-state index contributed by atoms with van der Waals surface area (Å²) >= 11 is 6.96. The van der Waals surface area contributed by atoms with E-state index in [1.807, 2.05) is 0 Å². The summed E-state index contributed by atoms with van der Waals surface area (Å²) in [6.07, 6.45) is 2.07. The molecular weight excluding hydrogens is 476 g/mol. The van der Waals surface area contributed by atoms with Crippen LogP contribution in [0.4, 0.5) is 0 Å². The van der Waals surface area contributed by atoms with Gasteiger partial charge >= 0.3 is 5.97 Å². The van der Waals surface area contributed by atoms with Gasteiger partial charge in [-0.15, -0.1) is 12.4 Å². The average Bonchev–Trinajstić information content (AvgIpc) is 3.23. The molecule has 0 unspecified atom stereocenters. The van der Waals surface area contributed by atoms with E-state index in [4.69, 9.17) is 31.9 Å². The molecule has 0 bridgehead atoms. The Hall–Kier alpha value is -2.08. The second kappa shape index (κ2) is 12.2. The maximum atomic E-state index is 12.8. The highest BCUT2D eigenvalue weighted by molar-refractivity contribution is 7.98. The first-order chi connectivity index (χ1) is 14.9. The number of nitrogens with zero attached hydrogens (tertiary/aromatic N) is 2. The minimum absolute atomic E-state index is 0. The number of benzene rings is 1. The van der Waals surface area contributed by atoms with E-state index in [1.54, 1.807) is 6.92 Å². The Labute approximate surface area is 202 Å². The van der Waals surface area contributed by atoms with Crippen LogP contribution < -0.4 is 15.8 Å². The topological polar surface area (TPSA) is 133 Å². The number of thiocarbonyl (C=S) groups is 1. The summed E-state index contributed by atoms with van der Waals surface area (Å²) in [5.74, 6) is 1.65. The zero-order valence-electron chi connectivity index (χ0n) is 17.9. The summed E-state index contributed by atoms with van der Waals surface area (Å²) < 4.78 is 16.1. The summed E-state index contributed by atoms with van der Waals surface area (Å²) in [7, 11) is 1.50. The van der Waals surface area contributed by atoms with E-state index in [1.165, 1.54) is 24.9 Å². The third-order valence-corrected chi connectivity index (χ3v) is 6.29. The summed E-state index contributed by atoms with van der Waals surface area (Å²) in [5.41, 5.74) is 7.06. The van der Waals surface area contributed by atoms with Gasteiger partial charge < -0.3 is 30.2 Å². The molecule has 0 fully saturated rings. The molecule has 4 N–H and O–H groups in total. The molecule has 0 saturated carbocycles. The Kier molecular flexibility index (Phi) is 10.0. The zero-order valence-corrected chi connectivity index (χ0v) is 20.3. The standard InChI is InChI=1S/C20H26N4O5S2.ClH/c1-11-15(27-2)7-14(25)12-9-31-10-13(19-23-16(8-21)24-29-19)22-17(30)5-3-4-6-28-20(26)18(11)12;/h7,13,25H,3-6,8-10,21H2,1-2H3,(H,22,30);1H/t13-;/m0./s1. The van der Waals surface area contributed by atoms with Crippen LogP contribution in [0.15, 0.2) is 10.6 Å². The van der Waals surface area contributed by atoms with Crippen LogP contribution in [0, 0.1) is 6.92 Å². The van der Waals surface area contributed by atoms with Gasteiger partial charge in [-0.05, 0) is 26.2 Å². The Morgan fingerprint density at radius 2 is 2.22 bits per heavy atom. The van der Waals surface area contributed by atoms with Gasteiger partial charge in [0.25, 0.3) is 0 Å². The molecule has 0 spiro atoms. The van der Waals surface area contributed by atoms with E-state index in [0.717, 1.165) is 6.42 Å². The number of fused-ring (bicyclic) bond motifs is 1. The number of hydrogen-bond acceptors (Lipinski definition) is 10. The number of nitrogens with two attached hydrogens (primary N) is 1. The van der Waals surface area contributed by atoms with Gasteiger partial charge in [0.05, 0.1) is 30.8 Å². The van der Waals surface area contributed by atoms with Crippen LogP contribution in [0.1, 0.15) is 58.5 Å². The predicted octanol–water partition coefficient (Wildman–Crippen LogP) is 3.20. The maximum Gasteiger partial charge on any atom is 0.338 e. The Morgan fingerprint density at radius 3 is 2.91 bits per heavy atom. The second-order valence-electron chi connectivity index (χ2n) is 7.06. The molecule has 1 aromatic heterocycles. The van der Waals surface area contributed by atoms with Crippen molar-refractivity contribution in [3.8, 4) is 11.5 Å². The average molecular weight is 503 g/mol. The second-order valence-corrected chi connectivity index (χ2v) is 8.58. The van der Waals surface area contributed by atoms with Gasteiger partial charge in [-0.1, -0.05) is 17.4 Å². The molecule has 1 aliphatic rings. The van der Waals surface area contributed by atoms with Crippen molar-refractivity contribution < 1.29 is 23.9 Å². The molecule has 3 rings (SSSR count). The number of halogens is 1. The monoisotopic (exact) mass is 502 g/mol. The Bertz CT molecular complexity index is 956. The van der Waals surface area contributed by atoms with Crippen molar-refractivity contribution in [2.75, 3.05) is 19.5 Å². The number of cyclic esters (lactones) is 1. The first kappa shape index (κ1) is 26.2. The van der Waals surface area contributed by atoms with Crippen LogP contribution in [0.2, 0.25) is 0 Å². The van der Waals surface area contributed by atoms with Crippen molar-refractivity contribution in [3.63, 3.8) is 0 Å². The van der Waals surface area contributed by atoms with Crippen LogP contribution in [0.25, 0.3) is 0 Å². The highest BCUT2D eigenvalue weighted by atomic mass is 35.5. The fourth-order valence-corrected chi connectivity index (χ4v) is 4.63. The van der Waals surface area contributed by atoms with Gasteiger partial charge in [0.2, 0.25) is 5.89 Å². The molecular formula is C20H27ClN4O5S2. The summed E-state index contributed by atoms with van der Waals surface area (Å²) in [6.45, 7) is 2.22. The quantitative estimate of drug-likeness (QED) is 0.422. The molecule has 1 aromatic carbocycles. The van der Waals surface area contributed by atoms with E-state index in [-0.39, 0.29) is 37.4 Å². The van der Waals surface area contributed by atoms with Gasteiger partial charge in [0.15, 0.2) is 5.82 Å². The highest BCUT2D eigenvalue weighted by Crippen LogP contribution is 2.36. The molecule has 1 atom stereocenters. The zero-order chi connectivity index (χ0) is 22.4. The highest BCUT2D eigenvalue weighted by Gasteiger charge is 2.25. The van der Waals surface area contributed by atoms with Crippen molar-refractivity contribution in [1.29, 1.82) is 0 Å². The molecule has 1 aliphatic heterocycles. The van der Waals surface area contributed by atoms with Crippen LogP contribution >= 0.6 is 36.4 Å². The molecule has 9 nitrogen and oxygen atoms in total. The smallest absolute Gasteiger partial charge is 0.338 e. The summed E-state index contributed by atoms with van der Waals surface area (Å²) in [5, 5.41) is 17.7. The molecule has 0 saturated heterocycles. The van der Waals surface area contributed by atoms with Gasteiger partial charge in [-0.3, -0.25) is 0 Å². The van der Waals surface area contributed by atoms with Gasteiger partial charge in [0, 0.05) is 28.7 Å². The first-order valence-corrected chi connectivity index (χ1v) is 11.5. The summed E-state index contributed by atoms with van der Waals surface area (Å²) in [4.78, 5) is 17.8. The van der Waals surface area contributed by atoms with Gasteiger partial charge in [-0.2, -0.15) is 16.7 Å². The summed E-state index contributed by atoms with van der Waals surface area (Å²) in [6, 6.07) is 1.20. The number of esters is 1. The van der Waals surface area contributed by atoms with Crippen molar-refractivity contribution in [3.05, 3.63) is 34.5 Å². The van der Waals surface area contributed by atoms with Crippen molar-refractivity contribution in [1.82, 2.24) is 15.5 Å². The fourth-order valence-electron chi connectivity index (χ4n) is 3.27. The number of rotatable bonds is 3. The number of carbonyl (C=O) groups is 1. The lowest BCUT2D eigenvalue weighted by molar-refractivity contribution is 0.0496. The Balaban J connectivity index is 0.00000363. The number of ether oxygens (including phenoxy) is 2. The lowest BCUT2D eigenvalue weighted by Crippen LogP contribution is -2.29. The minimum Gasteiger partial charge on any atom is -0.507 e. The largest absolute Gasteiger partial charge is 0.507 e. The van der Waals surface area contributed by atoms with E-state index >= 15 is 0 Å². The van der Waals surface area contributed by atoms with E-state index in [2.05, 4.69) is 15.5 Å². The predicted molar refractivity (Wildman–Crippen MR) is 128 cm³/mol. The lowest BCUT2D eigenvalue weighted by atomic mass is 10.0. The lowest BCUT2D eigenvalue weighted by Gasteiger charge is -2.20. The van der Waals surface area contributed by atoms with Crippen LogP contribution in [-0.2, 0) is 17.0 Å². The molecule has 12 heteroatoms. The number of nitrogens with one attached hydrogen (secondary N) is 1. The molecule has 176 valence electrons. The number of phenols is 1. The number of hydrogen-bond donors (Lipinski definition) is 3. The van der Waals surface area contributed by atoms with Crippen molar-refractivity contribution in [2.45, 2.75) is 44.5 Å². The van der Waals surface area contributed by atoms with Gasteiger partial charge in [-0.25, -0.2) is 4.79 Å². The normalized spacial score (nSPS) is 17.9. The van der Waals surface area contributed by atoms with Crippen LogP contribution in [0.3, 0.4) is 0 Å². The van der Waals surface area contributed by atoms with E-state index in [9.17, 15) is 9.90 Å². The molecule has 32 heavy (non-hydrogen) atoms. The van der Waals surface area contributed by atoms with Crippen LogP contribution in [-0.4, -0.2) is 45.7 Å². The number of methoxy groups -OCH3 is 1. The third-order valence-electron chi connectivity index (χ3n) is 4.91. The maximum absolute atomic E-state index is 12.8. The number of phenolic OH excluding ortho intramolecular Hbond substituents is 1. The SMILES string of the molecule is COc1cc(O)c2c(c1C)C(=O)OCCCCC(=S)N[C@H](c1nc(CN)no1)CSC2.Cl. The molecule has 0 radical (unpaired) electrons. The van der Waals surface area contributed by atoms with Crippen molar-refractivity contribution >= 4 is 47.3 Å². The van der Waals surface area contributed by atoms with Crippen molar-refractivity contribution in [2.24, 2.45) is 5.73 Å². The van der Waals surface area contributed by atoms with E-state index in [0.29, 0.717) is 63.5 Å². The third kappa shape index (κ3) is 6.25. The number of carbonyl (C=O) groups excluding carboxylic acids is 1. The minimum atomic E-state index is -0.471. The first-order valence-electron chi connectivity index (χ1n) is 9.90. The number of aromatic nitrogens is 2. The number of thioether (sulfide) groups is 1. The van der Waals surface area contributed by atoms with Gasteiger partial charge in [0.1, 0.15) is 17.5 Å². The molecule has 2 aromatic rings. The fraction of sp³-hybridized carbons (Fsp3) is 0.500. The Morgan fingerprint density at radius 1 is 1.44 bits per heavy atom. The number of aromatic hydroxyl groups is 1.